The van der Waals surface area contributed by atoms with Crippen molar-refractivity contribution >= 4 is 11.6 Å². The first-order valence-electron chi connectivity index (χ1n) is 9.81. The van der Waals surface area contributed by atoms with Gasteiger partial charge in [0.25, 0.3) is 0 Å². The molecule has 6 heteroatoms. The lowest BCUT2D eigenvalue weighted by Gasteiger charge is -2.39. The van der Waals surface area contributed by atoms with Gasteiger partial charge in [-0.1, -0.05) is 24.3 Å². The van der Waals surface area contributed by atoms with E-state index < -0.39 is 0 Å². The van der Waals surface area contributed by atoms with Crippen molar-refractivity contribution in [1.82, 2.24) is 10.2 Å². The second-order valence-corrected chi connectivity index (χ2v) is 6.94. The summed E-state index contributed by atoms with van der Waals surface area (Å²) in [5.41, 5.74) is 2.00. The molecule has 0 radical (unpaired) electrons. The zero-order chi connectivity index (χ0) is 19.9. The largest absolute Gasteiger partial charge is 0.492 e. The van der Waals surface area contributed by atoms with Crippen LogP contribution in [0, 0.1) is 5.82 Å². The zero-order valence-corrected chi connectivity index (χ0v) is 16.5. The molecule has 3 rings (SSSR count). The van der Waals surface area contributed by atoms with E-state index >= 15 is 0 Å². The molecule has 1 heterocycles. The monoisotopic (exact) mass is 385 g/mol. The molecule has 2 aromatic rings. The number of nitrogens with one attached hydrogen (secondary N) is 1. The molecule has 0 saturated carbocycles. The molecule has 1 atom stereocenters. The molecule has 1 saturated heterocycles. The van der Waals surface area contributed by atoms with Gasteiger partial charge in [0, 0.05) is 32.7 Å². The Labute approximate surface area is 166 Å². The van der Waals surface area contributed by atoms with Crippen LogP contribution in [0.4, 0.5) is 10.1 Å². The standard InChI is InChI=1S/C22H28FN3O2/c1-3-28-21-7-5-4-6-20(21)26-14-12-25(13-15-26)17(2)22(27)24-16-18-8-10-19(23)11-9-18/h4-11,17H,3,12-16H2,1-2H3,(H,24,27)/t17-/m0/s1. The van der Waals surface area contributed by atoms with Gasteiger partial charge in [0.05, 0.1) is 18.3 Å². The first-order valence-corrected chi connectivity index (χ1v) is 9.81. The van der Waals surface area contributed by atoms with E-state index in [9.17, 15) is 9.18 Å². The Kier molecular flexibility index (Phi) is 6.87. The highest BCUT2D eigenvalue weighted by Gasteiger charge is 2.26. The van der Waals surface area contributed by atoms with Gasteiger partial charge in [-0.25, -0.2) is 4.39 Å². The minimum atomic E-state index is -0.271. The normalized spacial score (nSPS) is 15.9. The topological polar surface area (TPSA) is 44.8 Å². The second-order valence-electron chi connectivity index (χ2n) is 6.94. The van der Waals surface area contributed by atoms with E-state index in [1.807, 2.05) is 32.0 Å². The van der Waals surface area contributed by atoms with Crippen LogP contribution in [-0.2, 0) is 11.3 Å². The van der Waals surface area contributed by atoms with E-state index in [0.717, 1.165) is 43.2 Å². The minimum absolute atomic E-state index is 0.00695. The van der Waals surface area contributed by atoms with Crippen LogP contribution in [-0.4, -0.2) is 49.6 Å². The predicted octanol–water partition coefficient (Wildman–Crippen LogP) is 3.05. The van der Waals surface area contributed by atoms with Gasteiger partial charge in [0.2, 0.25) is 5.91 Å². The quantitative estimate of drug-likeness (QED) is 0.796. The molecule has 0 bridgehead atoms. The van der Waals surface area contributed by atoms with E-state index in [-0.39, 0.29) is 17.8 Å². The number of anilines is 1. The van der Waals surface area contributed by atoms with Gasteiger partial charge in [-0.15, -0.1) is 0 Å². The third-order valence-corrected chi connectivity index (χ3v) is 5.13. The average molecular weight is 385 g/mol. The molecule has 0 unspecified atom stereocenters. The lowest BCUT2D eigenvalue weighted by Crippen LogP contribution is -2.53. The number of carbonyl (C=O) groups is 1. The van der Waals surface area contributed by atoms with E-state index in [2.05, 4.69) is 21.2 Å². The summed E-state index contributed by atoms with van der Waals surface area (Å²) in [4.78, 5) is 17.0. The molecule has 1 amide bonds. The van der Waals surface area contributed by atoms with Crippen molar-refractivity contribution < 1.29 is 13.9 Å². The summed E-state index contributed by atoms with van der Waals surface area (Å²) in [6.07, 6.45) is 0. The van der Waals surface area contributed by atoms with E-state index in [4.69, 9.17) is 4.74 Å². The molecule has 1 fully saturated rings. The summed E-state index contributed by atoms with van der Waals surface area (Å²) < 4.78 is 18.7. The predicted molar refractivity (Wildman–Crippen MR) is 109 cm³/mol. The number of hydrogen-bond acceptors (Lipinski definition) is 4. The number of carbonyl (C=O) groups excluding carboxylic acids is 1. The van der Waals surface area contributed by atoms with Crippen molar-refractivity contribution in [2.45, 2.75) is 26.4 Å². The van der Waals surface area contributed by atoms with Gasteiger partial charge < -0.3 is 15.0 Å². The molecular weight excluding hydrogens is 357 g/mol. The zero-order valence-electron chi connectivity index (χ0n) is 16.5. The highest BCUT2D eigenvalue weighted by molar-refractivity contribution is 5.81. The molecule has 2 aromatic carbocycles. The van der Waals surface area contributed by atoms with Gasteiger partial charge in [-0.05, 0) is 43.7 Å². The lowest BCUT2D eigenvalue weighted by atomic mass is 10.1. The third-order valence-electron chi connectivity index (χ3n) is 5.13. The minimum Gasteiger partial charge on any atom is -0.492 e. The Bertz CT molecular complexity index is 774. The highest BCUT2D eigenvalue weighted by Crippen LogP contribution is 2.29. The van der Waals surface area contributed by atoms with Crippen LogP contribution in [0.25, 0.3) is 0 Å². The van der Waals surface area contributed by atoms with Crippen molar-refractivity contribution in [3.05, 3.63) is 59.9 Å². The second kappa shape index (κ2) is 9.55. The number of amides is 1. The van der Waals surface area contributed by atoms with Crippen LogP contribution in [0.5, 0.6) is 5.75 Å². The summed E-state index contributed by atoms with van der Waals surface area (Å²) in [6.45, 7) is 8.29. The maximum Gasteiger partial charge on any atom is 0.237 e. The van der Waals surface area contributed by atoms with E-state index in [1.54, 1.807) is 12.1 Å². The van der Waals surface area contributed by atoms with E-state index in [0.29, 0.717) is 13.2 Å². The fourth-order valence-corrected chi connectivity index (χ4v) is 3.45. The molecular formula is C22H28FN3O2. The molecule has 1 aliphatic rings. The number of rotatable bonds is 7. The number of hydrogen-bond donors (Lipinski definition) is 1. The Morgan fingerprint density at radius 2 is 1.79 bits per heavy atom. The van der Waals surface area contributed by atoms with Crippen LogP contribution >= 0.6 is 0 Å². The maximum atomic E-state index is 13.0. The molecule has 1 aliphatic heterocycles. The number of benzene rings is 2. The molecule has 5 nitrogen and oxygen atoms in total. The Hall–Kier alpha value is -2.60. The summed E-state index contributed by atoms with van der Waals surface area (Å²) in [5.74, 6) is 0.628. The summed E-state index contributed by atoms with van der Waals surface area (Å²) in [7, 11) is 0. The molecule has 150 valence electrons. The lowest BCUT2D eigenvalue weighted by molar-refractivity contribution is -0.126. The van der Waals surface area contributed by atoms with Crippen LogP contribution in [0.1, 0.15) is 19.4 Å². The number of piperazine rings is 1. The fourth-order valence-electron chi connectivity index (χ4n) is 3.45. The molecule has 0 spiro atoms. The Morgan fingerprint density at radius 3 is 2.46 bits per heavy atom. The fraction of sp³-hybridized carbons (Fsp3) is 0.409. The van der Waals surface area contributed by atoms with Gasteiger partial charge >= 0.3 is 0 Å². The third kappa shape index (κ3) is 5.01. The number of halogens is 1. The van der Waals surface area contributed by atoms with Crippen molar-refractivity contribution in [1.29, 1.82) is 0 Å². The van der Waals surface area contributed by atoms with Crippen LogP contribution in [0.3, 0.4) is 0 Å². The van der Waals surface area contributed by atoms with Crippen LogP contribution < -0.4 is 15.0 Å². The van der Waals surface area contributed by atoms with Gasteiger partial charge in [0.1, 0.15) is 11.6 Å². The number of para-hydroxylation sites is 2. The Balaban J connectivity index is 1.51. The van der Waals surface area contributed by atoms with Crippen molar-refractivity contribution in [2.75, 3.05) is 37.7 Å². The summed E-state index contributed by atoms with van der Waals surface area (Å²) in [5, 5.41) is 2.95. The van der Waals surface area contributed by atoms with Crippen LogP contribution in [0.15, 0.2) is 48.5 Å². The van der Waals surface area contributed by atoms with Gasteiger partial charge in [0.15, 0.2) is 0 Å². The summed E-state index contributed by atoms with van der Waals surface area (Å²) >= 11 is 0. The van der Waals surface area contributed by atoms with Crippen molar-refractivity contribution in [2.24, 2.45) is 0 Å². The molecule has 0 aliphatic carbocycles. The van der Waals surface area contributed by atoms with Crippen molar-refractivity contribution in [3.63, 3.8) is 0 Å². The number of ether oxygens (including phenoxy) is 1. The smallest absolute Gasteiger partial charge is 0.237 e. The van der Waals surface area contributed by atoms with Gasteiger partial charge in [-0.2, -0.15) is 0 Å². The Morgan fingerprint density at radius 1 is 1.11 bits per heavy atom. The SMILES string of the molecule is CCOc1ccccc1N1CCN([C@@H](C)C(=O)NCc2ccc(F)cc2)CC1. The van der Waals surface area contributed by atoms with Crippen LogP contribution in [0.2, 0.25) is 0 Å². The number of nitrogens with zero attached hydrogens (tertiary/aromatic N) is 2. The van der Waals surface area contributed by atoms with Gasteiger partial charge in [-0.3, -0.25) is 9.69 Å². The van der Waals surface area contributed by atoms with E-state index in [1.165, 1.54) is 12.1 Å². The maximum absolute atomic E-state index is 13.0. The first-order chi connectivity index (χ1) is 13.6. The molecule has 1 N–H and O–H groups in total. The molecule has 28 heavy (non-hydrogen) atoms. The molecule has 0 aromatic heterocycles. The van der Waals surface area contributed by atoms with Crippen molar-refractivity contribution in [3.8, 4) is 5.75 Å². The first kappa shape index (κ1) is 20.1. The summed E-state index contributed by atoms with van der Waals surface area (Å²) in [6, 6.07) is 14.1. The average Bonchev–Trinajstić information content (AvgIpc) is 2.73. The highest BCUT2D eigenvalue weighted by atomic mass is 19.1.